The quantitative estimate of drug-likeness (QED) is 0.0404. The molecule has 2 aromatic carbocycles. The number of esters is 1. The van der Waals surface area contributed by atoms with Gasteiger partial charge in [0.2, 0.25) is 5.91 Å². The van der Waals surface area contributed by atoms with Crippen molar-refractivity contribution in [3.63, 3.8) is 0 Å². The first-order chi connectivity index (χ1) is 37.2. The minimum Gasteiger partial charge on any atom is -0.459 e. The number of nitrogens with one attached hydrogen (secondary N) is 2. The van der Waals surface area contributed by atoms with Crippen molar-refractivity contribution in [2.24, 2.45) is 17.8 Å². The summed E-state index contributed by atoms with van der Waals surface area (Å²) in [6.07, 6.45) is -4.96. The van der Waals surface area contributed by atoms with Gasteiger partial charge in [-0.25, -0.2) is 0 Å². The smallest absolute Gasteiger partial charge is 0.311 e. The van der Waals surface area contributed by atoms with Crippen molar-refractivity contribution in [3.05, 3.63) is 65.6 Å². The minimum absolute atomic E-state index is 0.00512. The molecule has 17 nitrogen and oxygen atoms in total. The van der Waals surface area contributed by atoms with Crippen LogP contribution in [0.2, 0.25) is 0 Å². The van der Waals surface area contributed by atoms with Crippen molar-refractivity contribution in [2.75, 3.05) is 54.4 Å². The molecular formula is C60H90N4O13S2. The third kappa shape index (κ3) is 13.9. The molecule has 440 valence electrons. The Morgan fingerprint density at radius 2 is 1.57 bits per heavy atom. The molecule has 19 heteroatoms. The van der Waals surface area contributed by atoms with Crippen LogP contribution < -0.4 is 10.6 Å². The second-order valence-corrected chi connectivity index (χ2v) is 26.0. The summed E-state index contributed by atoms with van der Waals surface area (Å²) in [6.45, 7) is 18.6. The number of fused-ring (bicyclic) bond motifs is 5. The number of likely N-dealkylation sites (N-methyl/N-ethyl adjacent to an activating group) is 2. The summed E-state index contributed by atoms with van der Waals surface area (Å²) in [6, 6.07) is 18.0. The first-order valence-electron chi connectivity index (χ1n) is 28.1. The number of hydrogen-bond acceptors (Lipinski definition) is 18. The standard InChI is InChI=1S/C60H90N4O13S2/c1-15-47-59(10,70)53(67)38(6)64(13)32-34(2)30-57(8,69)54(77-56-50(66)44(63(11)12)28-35(3)73-56)36(4)51(37(5)55(68)75-47)76-49-31-58(9,72-14)60(71,39(7)74-49)33-61-26-27-62-48(65)25-24-40-29-43-41-20-16-18-22-45(41)79-46-23-19-17-21-42(46)52(43)78-40/h16-25,29,34-39,44,47,49-51,53-54,56,61,66-67,69-71H,15,26-28,30-33H2,1-14H3,(H,62,65)/t34-,35-,36+,37-,38-,39+,44+,47-,49+,50-,51+,53-,54-,56+,57-,58-,59-,60+/m1/s1. The van der Waals surface area contributed by atoms with E-state index in [1.165, 1.54) is 35.5 Å². The first kappa shape index (κ1) is 63.2. The van der Waals surface area contributed by atoms with Crippen LogP contribution in [0.4, 0.5) is 0 Å². The summed E-state index contributed by atoms with van der Waals surface area (Å²) in [5, 5.41) is 67.1. The number of aliphatic hydroxyl groups excluding tert-OH is 2. The zero-order valence-corrected chi connectivity index (χ0v) is 50.4. The molecule has 3 aromatic rings. The molecule has 7 N–H and O–H groups in total. The van der Waals surface area contributed by atoms with Gasteiger partial charge in [0, 0.05) is 94.5 Å². The maximum atomic E-state index is 14.6. The number of cyclic esters (lactones) is 1. The molecule has 1 aromatic heterocycles. The number of carbonyl (C=O) groups is 2. The summed E-state index contributed by atoms with van der Waals surface area (Å²) in [7, 11) is 7.10. The molecule has 79 heavy (non-hydrogen) atoms. The lowest BCUT2D eigenvalue weighted by Gasteiger charge is -2.53. The van der Waals surface area contributed by atoms with E-state index in [1.54, 1.807) is 64.6 Å². The Labute approximate surface area is 476 Å². The molecule has 7 rings (SSSR count). The predicted octanol–water partition coefficient (Wildman–Crippen LogP) is 6.55. The summed E-state index contributed by atoms with van der Waals surface area (Å²) in [4.78, 5) is 36.2. The normalized spacial score (nSPS) is 38.0. The number of amides is 1. The van der Waals surface area contributed by atoms with Crippen LogP contribution in [0.5, 0.6) is 0 Å². The Morgan fingerprint density at radius 3 is 2.23 bits per heavy atom. The van der Waals surface area contributed by atoms with E-state index in [0.29, 0.717) is 19.5 Å². The van der Waals surface area contributed by atoms with Crippen LogP contribution in [-0.4, -0.2) is 191 Å². The lowest BCUT2D eigenvalue weighted by Crippen LogP contribution is -2.70. The van der Waals surface area contributed by atoms with Gasteiger partial charge in [0.05, 0.1) is 35.9 Å². The molecule has 3 saturated heterocycles. The third-order valence-corrected chi connectivity index (χ3v) is 19.6. The average Bonchev–Trinajstić information content (AvgIpc) is 3.99. The van der Waals surface area contributed by atoms with Gasteiger partial charge in [0.1, 0.15) is 35.1 Å². The second-order valence-electron chi connectivity index (χ2n) is 23.8. The summed E-state index contributed by atoms with van der Waals surface area (Å²) < 4.78 is 39.0. The van der Waals surface area contributed by atoms with Crippen LogP contribution in [0.3, 0.4) is 0 Å². The summed E-state index contributed by atoms with van der Waals surface area (Å²) in [5.74, 6) is -3.11. The van der Waals surface area contributed by atoms with Crippen LogP contribution in [0, 0.1) is 17.8 Å². The van der Waals surface area contributed by atoms with E-state index >= 15 is 0 Å². The summed E-state index contributed by atoms with van der Waals surface area (Å²) in [5.41, 5.74) is -2.93. The number of thiophene rings is 1. The number of ether oxygens (including phenoxy) is 6. The molecule has 5 heterocycles. The van der Waals surface area contributed by atoms with Crippen molar-refractivity contribution in [3.8, 4) is 21.6 Å². The van der Waals surface area contributed by atoms with E-state index in [1.807, 2.05) is 63.9 Å². The fourth-order valence-electron chi connectivity index (χ4n) is 12.4. The number of nitrogens with zero attached hydrogens (tertiary/aromatic N) is 2. The Kier molecular flexibility index (Phi) is 20.9. The van der Waals surface area contributed by atoms with Gasteiger partial charge >= 0.3 is 5.97 Å². The third-order valence-electron chi connectivity index (χ3n) is 17.4. The minimum atomic E-state index is -1.86. The van der Waals surface area contributed by atoms with E-state index < -0.39 is 95.5 Å². The molecule has 0 saturated carbocycles. The lowest BCUT2D eigenvalue weighted by atomic mass is 9.75. The van der Waals surface area contributed by atoms with Crippen LogP contribution in [0.25, 0.3) is 27.6 Å². The van der Waals surface area contributed by atoms with Crippen molar-refractivity contribution < 1.29 is 63.5 Å². The highest BCUT2D eigenvalue weighted by Gasteiger charge is 2.58. The highest BCUT2D eigenvalue weighted by Crippen LogP contribution is 2.51. The van der Waals surface area contributed by atoms with Crippen LogP contribution in [-0.2, 0) is 38.0 Å². The molecule has 0 unspecified atom stereocenters. The van der Waals surface area contributed by atoms with Gasteiger partial charge in [-0.3, -0.25) is 9.59 Å². The molecule has 0 bridgehead atoms. The number of rotatable bonds is 14. The number of carbonyl (C=O) groups excluding carboxylic acids is 2. The van der Waals surface area contributed by atoms with E-state index in [9.17, 15) is 35.1 Å². The van der Waals surface area contributed by atoms with Crippen LogP contribution >= 0.6 is 23.1 Å². The molecule has 4 aliphatic rings. The van der Waals surface area contributed by atoms with Crippen molar-refractivity contribution >= 4 is 41.1 Å². The zero-order valence-electron chi connectivity index (χ0n) is 48.8. The predicted molar refractivity (Wildman–Crippen MR) is 307 cm³/mol. The van der Waals surface area contributed by atoms with Gasteiger partial charge < -0.3 is 74.4 Å². The number of aliphatic hydroxyl groups is 5. The Bertz CT molecular complexity index is 2500. The molecule has 0 aliphatic carbocycles. The molecule has 3 fully saturated rings. The number of benzene rings is 2. The van der Waals surface area contributed by atoms with Gasteiger partial charge in [-0.15, -0.1) is 11.3 Å². The molecule has 1 amide bonds. The van der Waals surface area contributed by atoms with Crippen molar-refractivity contribution in [1.29, 1.82) is 0 Å². The Hall–Kier alpha value is -3.35. The van der Waals surface area contributed by atoms with E-state index in [2.05, 4.69) is 59.2 Å². The highest BCUT2D eigenvalue weighted by molar-refractivity contribution is 7.99. The van der Waals surface area contributed by atoms with Gasteiger partial charge in [0.15, 0.2) is 12.6 Å². The fraction of sp³-hybridized carbons (Fsp3) is 0.667. The molecule has 18 atom stereocenters. The fourth-order valence-corrected chi connectivity index (χ4v) is 14.7. The largest absolute Gasteiger partial charge is 0.459 e. The molecular weight excluding hydrogens is 1050 g/mol. The van der Waals surface area contributed by atoms with E-state index in [-0.39, 0.29) is 56.3 Å². The van der Waals surface area contributed by atoms with Crippen LogP contribution in [0.15, 0.2) is 70.5 Å². The Balaban J connectivity index is 1.08. The summed E-state index contributed by atoms with van der Waals surface area (Å²) >= 11 is 3.41. The topological polar surface area (TPSA) is 221 Å². The molecule has 4 aliphatic heterocycles. The van der Waals surface area contributed by atoms with Crippen molar-refractivity contribution in [2.45, 2.75) is 195 Å². The van der Waals surface area contributed by atoms with Crippen LogP contribution in [0.1, 0.15) is 99.8 Å². The van der Waals surface area contributed by atoms with E-state index in [0.717, 1.165) is 20.9 Å². The maximum Gasteiger partial charge on any atom is 0.311 e. The average molecular weight is 1140 g/mol. The van der Waals surface area contributed by atoms with Gasteiger partial charge in [-0.05, 0) is 125 Å². The number of methoxy groups -OCH3 is 1. The van der Waals surface area contributed by atoms with E-state index in [4.69, 9.17) is 28.4 Å². The first-order valence-corrected chi connectivity index (χ1v) is 29.7. The van der Waals surface area contributed by atoms with Crippen molar-refractivity contribution in [1.82, 2.24) is 20.4 Å². The SMILES string of the molecule is CC[C@H]1OC(=O)[C@H](C)[C@@H](O[C@H]2C[C@@](C)(OC)[C@](O)(CNCCNC(=O)C=Cc3cc4c(s3)-c3ccccc3Sc3ccccc3-4)[C@H](C)O2)[C@H](C)[C@@H](O[C@@H]2O[C@H](C)C[C@H](N(C)C)[C@H]2O)[C@](C)(O)C[C@@H](C)CN(C)[C@H](C)[C@@H](O)[C@]1(C)O. The second kappa shape index (κ2) is 26.1. The number of hydrogen-bond donors (Lipinski definition) is 7. The van der Waals surface area contributed by atoms with Gasteiger partial charge in [-0.2, -0.15) is 0 Å². The highest BCUT2D eigenvalue weighted by atomic mass is 32.2. The van der Waals surface area contributed by atoms with Gasteiger partial charge in [0.25, 0.3) is 0 Å². The maximum absolute atomic E-state index is 14.6. The molecule has 0 spiro atoms. The Morgan fingerprint density at radius 1 is 0.911 bits per heavy atom. The zero-order chi connectivity index (χ0) is 57.9. The lowest BCUT2D eigenvalue weighted by molar-refractivity contribution is -0.336. The molecule has 0 radical (unpaired) electrons. The van der Waals surface area contributed by atoms with Gasteiger partial charge in [-0.1, -0.05) is 68.9 Å². The monoisotopic (exact) mass is 1140 g/mol.